The molecule has 0 atom stereocenters. The number of anilines is 2. The lowest BCUT2D eigenvalue weighted by Crippen LogP contribution is -2.04. The molecule has 0 aliphatic heterocycles. The highest BCUT2D eigenvalue weighted by Gasteiger charge is 2.09. The summed E-state index contributed by atoms with van der Waals surface area (Å²) in [6, 6.07) is 18.4. The van der Waals surface area contributed by atoms with Crippen LogP contribution in [0, 0.1) is 6.92 Å². The first kappa shape index (κ1) is 14.9. The normalized spacial score (nSPS) is 10.3. The molecule has 0 aliphatic carbocycles. The van der Waals surface area contributed by atoms with E-state index >= 15 is 0 Å². The summed E-state index contributed by atoms with van der Waals surface area (Å²) in [5.74, 6) is 0. The average molecular weight is 304 g/mol. The Morgan fingerprint density at radius 3 is 2.74 bits per heavy atom. The maximum Gasteiger partial charge on any atom is 0.131 e. The summed E-state index contributed by atoms with van der Waals surface area (Å²) in [4.78, 5) is 0. The maximum atomic E-state index is 4.30. The molecule has 3 aromatic rings. The molecule has 0 saturated heterocycles. The van der Waals surface area contributed by atoms with Crippen LogP contribution in [-0.2, 0) is 6.54 Å². The molecule has 0 amide bonds. The number of H-pyrrole nitrogens is 1. The van der Waals surface area contributed by atoms with E-state index < -0.39 is 0 Å². The third-order valence-electron chi connectivity index (χ3n) is 3.57. The molecule has 0 bridgehead atoms. The Balaban J connectivity index is 1.69. The molecule has 3 N–H and O–H groups in total. The lowest BCUT2D eigenvalue weighted by molar-refractivity contribution is 1.07. The van der Waals surface area contributed by atoms with Gasteiger partial charge in [-0.1, -0.05) is 49.0 Å². The van der Waals surface area contributed by atoms with Gasteiger partial charge in [0.15, 0.2) is 0 Å². The number of nitrogens with one attached hydrogen (secondary N) is 3. The molecule has 2 aromatic carbocycles. The number of hydrogen-bond donors (Lipinski definition) is 3. The van der Waals surface area contributed by atoms with Gasteiger partial charge in [-0.2, -0.15) is 5.10 Å². The SMILES string of the molecule is C=C(Nc1cccc(C)c1)c1n[nH]cc1NCc1ccccc1. The standard InChI is InChI=1S/C19H20N4/c1-14-7-6-10-17(11-14)22-15(2)19-18(13-21-23-19)20-12-16-8-4-3-5-9-16/h3-11,13,20,22H,2,12H2,1H3,(H,21,23). The smallest absolute Gasteiger partial charge is 0.131 e. The Morgan fingerprint density at radius 1 is 1.13 bits per heavy atom. The Hall–Kier alpha value is -3.01. The zero-order valence-electron chi connectivity index (χ0n) is 13.1. The zero-order valence-corrected chi connectivity index (χ0v) is 13.1. The van der Waals surface area contributed by atoms with Gasteiger partial charge < -0.3 is 10.6 Å². The van der Waals surface area contributed by atoms with Crippen molar-refractivity contribution in [3.05, 3.63) is 84.2 Å². The van der Waals surface area contributed by atoms with Crippen LogP contribution < -0.4 is 10.6 Å². The Bertz CT molecular complexity index is 790. The van der Waals surface area contributed by atoms with E-state index in [9.17, 15) is 0 Å². The maximum absolute atomic E-state index is 4.30. The second kappa shape index (κ2) is 6.83. The highest BCUT2D eigenvalue weighted by Crippen LogP contribution is 2.23. The summed E-state index contributed by atoms with van der Waals surface area (Å²) in [7, 11) is 0. The van der Waals surface area contributed by atoms with Crippen molar-refractivity contribution in [3.63, 3.8) is 0 Å². The summed E-state index contributed by atoms with van der Waals surface area (Å²) in [6.45, 7) is 6.91. The predicted octanol–water partition coefficient (Wildman–Crippen LogP) is 4.41. The number of hydrogen-bond acceptors (Lipinski definition) is 3. The highest BCUT2D eigenvalue weighted by atomic mass is 15.2. The molecule has 0 unspecified atom stereocenters. The van der Waals surface area contributed by atoms with Gasteiger partial charge in [-0.15, -0.1) is 0 Å². The van der Waals surface area contributed by atoms with Gasteiger partial charge in [0.2, 0.25) is 0 Å². The summed E-state index contributed by atoms with van der Waals surface area (Å²) >= 11 is 0. The van der Waals surface area contributed by atoms with Crippen molar-refractivity contribution >= 4 is 17.1 Å². The van der Waals surface area contributed by atoms with E-state index in [0.29, 0.717) is 0 Å². The average Bonchev–Trinajstić information content (AvgIpc) is 3.02. The molecule has 0 aliphatic rings. The second-order valence-corrected chi connectivity index (χ2v) is 5.46. The first-order chi connectivity index (χ1) is 11.2. The molecule has 1 aromatic heterocycles. The highest BCUT2D eigenvalue weighted by molar-refractivity contribution is 5.79. The van der Waals surface area contributed by atoms with Crippen LogP contribution >= 0.6 is 0 Å². The van der Waals surface area contributed by atoms with Crippen LogP contribution in [-0.4, -0.2) is 10.2 Å². The van der Waals surface area contributed by atoms with E-state index in [0.717, 1.165) is 29.3 Å². The van der Waals surface area contributed by atoms with Crippen molar-refractivity contribution in [1.82, 2.24) is 10.2 Å². The monoisotopic (exact) mass is 304 g/mol. The van der Waals surface area contributed by atoms with Crippen LogP contribution in [0.3, 0.4) is 0 Å². The molecule has 4 nitrogen and oxygen atoms in total. The first-order valence-electron chi connectivity index (χ1n) is 7.57. The van der Waals surface area contributed by atoms with Crippen LogP contribution in [0.25, 0.3) is 5.70 Å². The minimum absolute atomic E-state index is 0.741. The predicted molar refractivity (Wildman–Crippen MR) is 96.2 cm³/mol. The second-order valence-electron chi connectivity index (χ2n) is 5.46. The molecule has 23 heavy (non-hydrogen) atoms. The molecule has 1 heterocycles. The largest absolute Gasteiger partial charge is 0.378 e. The van der Waals surface area contributed by atoms with E-state index in [1.165, 1.54) is 11.1 Å². The third kappa shape index (κ3) is 3.80. The number of aryl methyl sites for hydroxylation is 1. The van der Waals surface area contributed by atoms with Crippen LogP contribution in [0.4, 0.5) is 11.4 Å². The number of aromatic nitrogens is 2. The zero-order chi connectivity index (χ0) is 16.1. The van der Waals surface area contributed by atoms with Crippen molar-refractivity contribution in [2.75, 3.05) is 10.6 Å². The number of benzene rings is 2. The molecule has 0 saturated carbocycles. The van der Waals surface area contributed by atoms with Crippen molar-refractivity contribution in [1.29, 1.82) is 0 Å². The molecule has 0 fully saturated rings. The minimum atomic E-state index is 0.741. The van der Waals surface area contributed by atoms with E-state index in [4.69, 9.17) is 0 Å². The van der Waals surface area contributed by atoms with Gasteiger partial charge in [-0.25, -0.2) is 0 Å². The molecule has 0 spiro atoms. The van der Waals surface area contributed by atoms with Crippen LogP contribution in [0.5, 0.6) is 0 Å². The lowest BCUT2D eigenvalue weighted by Gasteiger charge is -2.11. The van der Waals surface area contributed by atoms with E-state index in [2.05, 4.69) is 58.6 Å². The van der Waals surface area contributed by atoms with Gasteiger partial charge in [0, 0.05) is 18.4 Å². The molecule has 116 valence electrons. The summed E-state index contributed by atoms with van der Waals surface area (Å²) in [6.07, 6.45) is 1.85. The Morgan fingerprint density at radius 2 is 1.96 bits per heavy atom. The van der Waals surface area contributed by atoms with Crippen LogP contribution in [0.2, 0.25) is 0 Å². The first-order valence-corrected chi connectivity index (χ1v) is 7.57. The quantitative estimate of drug-likeness (QED) is 0.632. The minimum Gasteiger partial charge on any atom is -0.378 e. The number of aromatic amines is 1. The van der Waals surface area contributed by atoms with Gasteiger partial charge >= 0.3 is 0 Å². The van der Waals surface area contributed by atoms with E-state index in [1.54, 1.807) is 0 Å². The summed E-state index contributed by atoms with van der Waals surface area (Å²) < 4.78 is 0. The summed E-state index contributed by atoms with van der Waals surface area (Å²) in [5.41, 5.74) is 5.91. The molecule has 0 radical (unpaired) electrons. The fraction of sp³-hybridized carbons (Fsp3) is 0.105. The fourth-order valence-corrected chi connectivity index (χ4v) is 2.40. The molecule has 4 heteroatoms. The number of rotatable bonds is 6. The lowest BCUT2D eigenvalue weighted by atomic mass is 10.2. The van der Waals surface area contributed by atoms with Crippen LogP contribution in [0.15, 0.2) is 67.4 Å². The van der Waals surface area contributed by atoms with Gasteiger partial charge in [-0.3, -0.25) is 5.10 Å². The van der Waals surface area contributed by atoms with Crippen LogP contribution in [0.1, 0.15) is 16.8 Å². The van der Waals surface area contributed by atoms with Gasteiger partial charge in [-0.05, 0) is 30.2 Å². The summed E-state index contributed by atoms with van der Waals surface area (Å²) in [5, 5.41) is 13.9. The fourth-order valence-electron chi connectivity index (χ4n) is 2.40. The molecule has 3 rings (SSSR count). The van der Waals surface area contributed by atoms with Crippen molar-refractivity contribution in [2.45, 2.75) is 13.5 Å². The van der Waals surface area contributed by atoms with Gasteiger partial charge in [0.25, 0.3) is 0 Å². The topological polar surface area (TPSA) is 52.7 Å². The van der Waals surface area contributed by atoms with Gasteiger partial charge in [0.1, 0.15) is 5.69 Å². The van der Waals surface area contributed by atoms with Crippen molar-refractivity contribution in [3.8, 4) is 0 Å². The third-order valence-corrected chi connectivity index (χ3v) is 3.57. The van der Waals surface area contributed by atoms with E-state index in [1.807, 2.05) is 36.5 Å². The van der Waals surface area contributed by atoms with E-state index in [-0.39, 0.29) is 0 Å². The van der Waals surface area contributed by atoms with Gasteiger partial charge in [0.05, 0.1) is 11.4 Å². The Labute approximate surface area is 136 Å². The van der Waals surface area contributed by atoms with Crippen molar-refractivity contribution < 1.29 is 0 Å². The molecular formula is C19H20N4. The Kier molecular flexibility index (Phi) is 4.43. The van der Waals surface area contributed by atoms with Crippen molar-refractivity contribution in [2.24, 2.45) is 0 Å². The molecular weight excluding hydrogens is 284 g/mol. The number of nitrogens with zero attached hydrogens (tertiary/aromatic N) is 1.